The van der Waals surface area contributed by atoms with Crippen molar-refractivity contribution in [2.75, 3.05) is 0 Å². The maximum absolute atomic E-state index is 13.6. The Morgan fingerprint density at radius 3 is 2.77 bits per heavy atom. The van der Waals surface area contributed by atoms with Gasteiger partial charge in [0, 0.05) is 12.4 Å². The van der Waals surface area contributed by atoms with E-state index in [4.69, 9.17) is 5.41 Å². The maximum atomic E-state index is 13.6. The quantitative estimate of drug-likeness (QED) is 0.361. The first-order valence-corrected chi connectivity index (χ1v) is 12.8. The molecule has 0 radical (unpaired) electrons. The van der Waals surface area contributed by atoms with Crippen LogP contribution in [0.1, 0.15) is 58.7 Å². The molecule has 2 heterocycles. The summed E-state index contributed by atoms with van der Waals surface area (Å²) in [6.07, 6.45) is 14.1. The molecule has 0 bridgehead atoms. The van der Waals surface area contributed by atoms with Crippen LogP contribution in [0, 0.1) is 18.2 Å². The van der Waals surface area contributed by atoms with Crippen molar-refractivity contribution in [3.63, 3.8) is 0 Å². The summed E-state index contributed by atoms with van der Waals surface area (Å²) in [4.78, 5) is 30.6. The van der Waals surface area contributed by atoms with Crippen molar-refractivity contribution in [1.29, 1.82) is 5.41 Å². The van der Waals surface area contributed by atoms with Crippen molar-refractivity contribution < 1.29 is 9.18 Å². The van der Waals surface area contributed by atoms with Crippen LogP contribution in [0.25, 0.3) is 5.57 Å². The summed E-state index contributed by atoms with van der Waals surface area (Å²) >= 11 is 0. The largest absolute Gasteiger partial charge is 0.346 e. The molecule has 4 rings (SSSR count). The third-order valence-corrected chi connectivity index (χ3v) is 6.59. The fraction of sp³-hybridized carbons (Fsp3) is 0.188. The molecular weight excluding hydrogens is 491 g/mol. The van der Waals surface area contributed by atoms with Gasteiger partial charge in [0.25, 0.3) is 11.5 Å². The van der Waals surface area contributed by atoms with Gasteiger partial charge in [0.2, 0.25) is 0 Å². The number of aromatic nitrogens is 2. The highest BCUT2D eigenvalue weighted by atomic mass is 19.1. The minimum absolute atomic E-state index is 0.00469. The molecule has 7 heteroatoms. The van der Waals surface area contributed by atoms with Crippen LogP contribution >= 0.6 is 0 Å². The lowest BCUT2D eigenvalue weighted by Gasteiger charge is -2.15. The Hall–Kier alpha value is -4.65. The predicted molar refractivity (Wildman–Crippen MR) is 153 cm³/mol. The number of aryl methyl sites for hydroxylation is 1. The van der Waals surface area contributed by atoms with Crippen molar-refractivity contribution in [1.82, 2.24) is 14.9 Å². The second-order valence-corrected chi connectivity index (χ2v) is 9.37. The first-order valence-electron chi connectivity index (χ1n) is 12.8. The molecule has 0 saturated heterocycles. The van der Waals surface area contributed by atoms with Gasteiger partial charge in [-0.3, -0.25) is 9.59 Å². The number of benzene rings is 1. The lowest BCUT2D eigenvalue weighted by atomic mass is 9.92. The minimum atomic E-state index is -0.519. The molecule has 39 heavy (non-hydrogen) atoms. The summed E-state index contributed by atoms with van der Waals surface area (Å²) in [5.41, 5.74) is 6.01. The van der Waals surface area contributed by atoms with Gasteiger partial charge >= 0.3 is 0 Å². The van der Waals surface area contributed by atoms with Gasteiger partial charge in [0.1, 0.15) is 11.4 Å². The van der Waals surface area contributed by atoms with E-state index in [0.29, 0.717) is 17.0 Å². The number of halogens is 1. The average Bonchev–Trinajstić information content (AvgIpc) is 3.15. The standard InChI is InChI=1S/C32H31FN4O2/c1-4-27(28-10-7-5-6-9-21(28)2)24-16-25(18-34)36-26(17-24)19-35-31(38)29-11-8-14-37(32(29)39)20-23-12-13-30(33)22(3)15-23/h4-5,7-18,34H,6,19-20H2,1-3H3,(H,35,38)/b27-4-,34-18?. The number of hydrogen-bond acceptors (Lipinski definition) is 4. The van der Waals surface area contributed by atoms with Crippen LogP contribution in [0.4, 0.5) is 4.39 Å². The van der Waals surface area contributed by atoms with Gasteiger partial charge in [0.15, 0.2) is 0 Å². The predicted octanol–water partition coefficient (Wildman–Crippen LogP) is 5.90. The Balaban J connectivity index is 1.55. The van der Waals surface area contributed by atoms with Crippen LogP contribution < -0.4 is 10.9 Å². The number of carbonyl (C=O) groups is 1. The number of allylic oxidation sites excluding steroid dienone is 8. The summed E-state index contributed by atoms with van der Waals surface area (Å²) in [7, 11) is 0. The smallest absolute Gasteiger partial charge is 0.263 e. The Morgan fingerprint density at radius 2 is 2.03 bits per heavy atom. The third kappa shape index (κ3) is 6.44. The number of carbonyl (C=O) groups excluding carboxylic acids is 1. The molecule has 2 aromatic heterocycles. The van der Waals surface area contributed by atoms with Crippen LogP contribution in [0.3, 0.4) is 0 Å². The van der Waals surface area contributed by atoms with Gasteiger partial charge in [-0.05, 0) is 90.9 Å². The molecular formula is C32H31FN4O2. The number of hydrogen-bond donors (Lipinski definition) is 2. The molecule has 198 valence electrons. The number of nitrogens with one attached hydrogen (secondary N) is 2. The van der Waals surface area contributed by atoms with E-state index in [2.05, 4.69) is 35.5 Å². The molecule has 1 amide bonds. The van der Waals surface area contributed by atoms with Gasteiger partial charge in [0.05, 0.1) is 24.5 Å². The van der Waals surface area contributed by atoms with Crippen molar-refractivity contribution >= 4 is 17.7 Å². The second kappa shape index (κ2) is 12.3. The topological polar surface area (TPSA) is 87.8 Å². The molecule has 1 aliphatic carbocycles. The summed E-state index contributed by atoms with van der Waals surface area (Å²) in [5.74, 6) is -0.825. The number of nitrogens with zero attached hydrogens (tertiary/aromatic N) is 2. The highest BCUT2D eigenvalue weighted by molar-refractivity contribution is 5.93. The fourth-order valence-corrected chi connectivity index (χ4v) is 4.54. The highest BCUT2D eigenvalue weighted by Crippen LogP contribution is 2.30. The molecule has 3 aromatic rings. The third-order valence-electron chi connectivity index (χ3n) is 6.59. The van der Waals surface area contributed by atoms with E-state index in [1.165, 1.54) is 22.9 Å². The zero-order chi connectivity index (χ0) is 27.9. The summed E-state index contributed by atoms with van der Waals surface area (Å²) in [6.45, 7) is 6.02. The molecule has 6 nitrogen and oxygen atoms in total. The Morgan fingerprint density at radius 1 is 1.21 bits per heavy atom. The molecule has 0 saturated carbocycles. The summed E-state index contributed by atoms with van der Waals surface area (Å²) in [5, 5.41) is 10.6. The minimum Gasteiger partial charge on any atom is -0.346 e. The van der Waals surface area contributed by atoms with E-state index in [9.17, 15) is 14.0 Å². The average molecular weight is 523 g/mol. The second-order valence-electron chi connectivity index (χ2n) is 9.37. The van der Waals surface area contributed by atoms with E-state index in [1.807, 2.05) is 31.2 Å². The normalized spacial score (nSPS) is 13.4. The first-order chi connectivity index (χ1) is 18.8. The van der Waals surface area contributed by atoms with Gasteiger partial charge < -0.3 is 15.3 Å². The highest BCUT2D eigenvalue weighted by Gasteiger charge is 2.15. The van der Waals surface area contributed by atoms with E-state index in [-0.39, 0.29) is 24.5 Å². The maximum Gasteiger partial charge on any atom is 0.263 e. The molecule has 1 aromatic carbocycles. The van der Waals surface area contributed by atoms with Crippen molar-refractivity contribution in [2.24, 2.45) is 0 Å². The number of rotatable bonds is 8. The van der Waals surface area contributed by atoms with Crippen LogP contribution in [-0.2, 0) is 13.1 Å². The zero-order valence-electron chi connectivity index (χ0n) is 22.3. The van der Waals surface area contributed by atoms with Gasteiger partial charge in [-0.15, -0.1) is 0 Å². The lowest BCUT2D eigenvalue weighted by Crippen LogP contribution is -2.33. The van der Waals surface area contributed by atoms with Gasteiger partial charge in [-0.2, -0.15) is 0 Å². The molecule has 0 aliphatic heterocycles. The van der Waals surface area contributed by atoms with Gasteiger partial charge in [-0.1, -0.05) is 42.5 Å². The Kier molecular flexibility index (Phi) is 8.61. The molecule has 0 fully saturated rings. The van der Waals surface area contributed by atoms with E-state index >= 15 is 0 Å². The zero-order valence-corrected chi connectivity index (χ0v) is 22.3. The molecule has 2 N–H and O–H groups in total. The monoisotopic (exact) mass is 522 g/mol. The summed E-state index contributed by atoms with van der Waals surface area (Å²) < 4.78 is 15.1. The molecule has 0 unspecified atom stereocenters. The van der Waals surface area contributed by atoms with Gasteiger partial charge in [-0.25, -0.2) is 9.37 Å². The number of pyridine rings is 2. The first kappa shape index (κ1) is 27.4. The van der Waals surface area contributed by atoms with Crippen LogP contribution in [0.2, 0.25) is 0 Å². The van der Waals surface area contributed by atoms with Crippen LogP contribution in [0.15, 0.2) is 95.0 Å². The Labute approximate surface area is 227 Å². The number of amides is 1. The van der Waals surface area contributed by atoms with E-state index < -0.39 is 11.5 Å². The SMILES string of the molecule is C/C=C(\C1=CC=CCC=C1C)c1cc(C=N)nc(CNC(=O)c2cccn(Cc3ccc(F)c(C)c3)c2=O)c1. The van der Waals surface area contributed by atoms with Crippen molar-refractivity contribution in [3.8, 4) is 0 Å². The summed E-state index contributed by atoms with van der Waals surface area (Å²) in [6, 6.07) is 11.5. The molecule has 0 atom stereocenters. The van der Waals surface area contributed by atoms with E-state index in [0.717, 1.165) is 34.3 Å². The van der Waals surface area contributed by atoms with E-state index in [1.54, 1.807) is 31.3 Å². The molecule has 0 spiro atoms. The molecule has 1 aliphatic rings. The fourth-order valence-electron chi connectivity index (χ4n) is 4.54. The van der Waals surface area contributed by atoms with Crippen molar-refractivity contribution in [2.45, 2.75) is 40.3 Å². The van der Waals surface area contributed by atoms with Crippen LogP contribution in [-0.4, -0.2) is 21.7 Å². The van der Waals surface area contributed by atoms with Crippen molar-refractivity contribution in [3.05, 3.63) is 140 Å². The van der Waals surface area contributed by atoms with Crippen LogP contribution in [0.5, 0.6) is 0 Å². The Bertz CT molecular complexity index is 1610. The lowest BCUT2D eigenvalue weighted by molar-refractivity contribution is 0.0948.